The molecular formula is C16H27N3O2. The van der Waals surface area contributed by atoms with Crippen LogP contribution in [-0.2, 0) is 9.53 Å². The van der Waals surface area contributed by atoms with Crippen LogP contribution in [0.4, 0.5) is 0 Å². The minimum Gasteiger partial charge on any atom is -0.469 e. The summed E-state index contributed by atoms with van der Waals surface area (Å²) in [5, 5.41) is 12.7. The Kier molecular flexibility index (Phi) is 6.47. The molecule has 2 fully saturated rings. The summed E-state index contributed by atoms with van der Waals surface area (Å²) >= 11 is 0. The van der Waals surface area contributed by atoms with Crippen molar-refractivity contribution in [3.63, 3.8) is 0 Å². The summed E-state index contributed by atoms with van der Waals surface area (Å²) in [5.41, 5.74) is 0. The molecule has 118 valence electrons. The highest BCUT2D eigenvalue weighted by Crippen LogP contribution is 2.23. The van der Waals surface area contributed by atoms with Gasteiger partial charge in [-0.3, -0.25) is 9.69 Å². The third kappa shape index (κ3) is 5.29. The van der Waals surface area contributed by atoms with Gasteiger partial charge < -0.3 is 10.1 Å². The summed E-state index contributed by atoms with van der Waals surface area (Å²) in [5.74, 6) is 0.149. The molecule has 5 heteroatoms. The molecule has 1 aliphatic heterocycles. The fourth-order valence-electron chi connectivity index (χ4n) is 3.72. The maximum absolute atomic E-state index is 11.5. The average molecular weight is 293 g/mol. The zero-order valence-corrected chi connectivity index (χ0v) is 13.0. The molecule has 0 aromatic rings. The molecule has 2 unspecified atom stereocenters. The van der Waals surface area contributed by atoms with Gasteiger partial charge in [0.15, 0.2) is 0 Å². The standard InChI is InChI=1S/C16H27N3O2/c1-21-16(20)10-13-9-15(12-19(11-13)8-7-17)18-14-5-3-2-4-6-14/h13-15,18H,2-6,8-12H2,1H3. The zero-order chi connectivity index (χ0) is 15.1. The lowest BCUT2D eigenvalue weighted by Crippen LogP contribution is -2.52. The van der Waals surface area contributed by atoms with Gasteiger partial charge >= 0.3 is 5.97 Å². The minimum atomic E-state index is -0.143. The van der Waals surface area contributed by atoms with Crippen molar-refractivity contribution in [1.82, 2.24) is 10.2 Å². The summed E-state index contributed by atoms with van der Waals surface area (Å²) in [6.07, 6.45) is 7.98. The van der Waals surface area contributed by atoms with Crippen LogP contribution in [0.1, 0.15) is 44.9 Å². The van der Waals surface area contributed by atoms with Crippen LogP contribution >= 0.6 is 0 Å². The van der Waals surface area contributed by atoms with Gasteiger partial charge in [-0.15, -0.1) is 0 Å². The van der Waals surface area contributed by atoms with Crippen molar-refractivity contribution in [2.75, 3.05) is 26.7 Å². The van der Waals surface area contributed by atoms with E-state index < -0.39 is 0 Å². The molecule has 0 spiro atoms. The molecule has 1 heterocycles. The summed E-state index contributed by atoms with van der Waals surface area (Å²) in [6.45, 7) is 2.19. The van der Waals surface area contributed by atoms with E-state index >= 15 is 0 Å². The van der Waals surface area contributed by atoms with E-state index in [2.05, 4.69) is 16.3 Å². The molecule has 2 rings (SSSR count). The smallest absolute Gasteiger partial charge is 0.305 e. The molecule has 0 radical (unpaired) electrons. The van der Waals surface area contributed by atoms with Crippen molar-refractivity contribution in [3.05, 3.63) is 0 Å². The van der Waals surface area contributed by atoms with E-state index in [9.17, 15) is 4.79 Å². The first-order valence-electron chi connectivity index (χ1n) is 8.13. The number of ether oxygens (including phenoxy) is 1. The number of likely N-dealkylation sites (tertiary alicyclic amines) is 1. The molecule has 21 heavy (non-hydrogen) atoms. The lowest BCUT2D eigenvalue weighted by Gasteiger charge is -2.39. The summed E-state index contributed by atoms with van der Waals surface area (Å²) in [6, 6.07) is 3.24. The summed E-state index contributed by atoms with van der Waals surface area (Å²) in [4.78, 5) is 13.7. The van der Waals surface area contributed by atoms with Gasteiger partial charge in [0.1, 0.15) is 0 Å². The molecule has 1 aliphatic carbocycles. The number of rotatable bonds is 5. The lowest BCUT2D eigenvalue weighted by atomic mass is 9.89. The molecule has 0 bridgehead atoms. The van der Waals surface area contributed by atoms with Crippen LogP contribution < -0.4 is 5.32 Å². The van der Waals surface area contributed by atoms with Crippen LogP contribution in [0.25, 0.3) is 0 Å². The Balaban J connectivity index is 1.88. The van der Waals surface area contributed by atoms with Gasteiger partial charge in [-0.1, -0.05) is 19.3 Å². The number of hydrogen-bond donors (Lipinski definition) is 1. The van der Waals surface area contributed by atoms with Crippen LogP contribution in [0.2, 0.25) is 0 Å². The van der Waals surface area contributed by atoms with Crippen LogP contribution in [0, 0.1) is 17.2 Å². The highest BCUT2D eigenvalue weighted by Gasteiger charge is 2.30. The van der Waals surface area contributed by atoms with E-state index in [-0.39, 0.29) is 5.97 Å². The number of carbonyl (C=O) groups excluding carboxylic acids is 1. The minimum absolute atomic E-state index is 0.143. The molecule has 0 aromatic carbocycles. The van der Waals surface area contributed by atoms with Gasteiger partial charge in [-0.2, -0.15) is 5.26 Å². The maximum atomic E-state index is 11.5. The molecule has 1 saturated carbocycles. The van der Waals surface area contributed by atoms with Gasteiger partial charge in [-0.05, 0) is 25.2 Å². The van der Waals surface area contributed by atoms with Crippen molar-refractivity contribution in [2.24, 2.45) is 5.92 Å². The Hall–Kier alpha value is -1.12. The van der Waals surface area contributed by atoms with Crippen molar-refractivity contribution in [3.8, 4) is 6.07 Å². The molecular weight excluding hydrogens is 266 g/mol. The second-order valence-electron chi connectivity index (χ2n) is 6.43. The normalized spacial score (nSPS) is 28.0. The van der Waals surface area contributed by atoms with Crippen molar-refractivity contribution in [2.45, 2.75) is 57.0 Å². The van der Waals surface area contributed by atoms with Crippen LogP contribution in [0.3, 0.4) is 0 Å². The maximum Gasteiger partial charge on any atom is 0.305 e. The molecule has 0 aromatic heterocycles. The van der Waals surface area contributed by atoms with E-state index in [1.54, 1.807) is 0 Å². The second-order valence-corrected chi connectivity index (χ2v) is 6.43. The fraction of sp³-hybridized carbons (Fsp3) is 0.875. The quantitative estimate of drug-likeness (QED) is 0.617. The largest absolute Gasteiger partial charge is 0.469 e. The summed E-state index contributed by atoms with van der Waals surface area (Å²) < 4.78 is 4.79. The Morgan fingerprint density at radius 2 is 2.05 bits per heavy atom. The highest BCUT2D eigenvalue weighted by molar-refractivity contribution is 5.69. The number of nitrogens with one attached hydrogen (secondary N) is 1. The molecule has 2 aliphatic rings. The average Bonchev–Trinajstić information content (AvgIpc) is 2.48. The van der Waals surface area contributed by atoms with Gasteiger partial charge in [0, 0.05) is 31.6 Å². The number of nitrogens with zero attached hydrogens (tertiary/aromatic N) is 2. The van der Waals surface area contributed by atoms with Crippen molar-refractivity contribution < 1.29 is 9.53 Å². The number of hydrogen-bond acceptors (Lipinski definition) is 5. The second kappa shape index (κ2) is 8.35. The highest BCUT2D eigenvalue weighted by atomic mass is 16.5. The first-order valence-corrected chi connectivity index (χ1v) is 8.13. The monoisotopic (exact) mass is 293 g/mol. The number of nitriles is 1. The first kappa shape index (κ1) is 16.3. The van der Waals surface area contributed by atoms with Crippen molar-refractivity contribution >= 4 is 5.97 Å². The first-order chi connectivity index (χ1) is 10.2. The van der Waals surface area contributed by atoms with Crippen LogP contribution in [0.5, 0.6) is 0 Å². The Labute approximate surface area is 127 Å². The van der Waals surface area contributed by atoms with E-state index in [1.165, 1.54) is 39.2 Å². The van der Waals surface area contributed by atoms with Gasteiger partial charge in [-0.25, -0.2) is 0 Å². The van der Waals surface area contributed by atoms with Crippen LogP contribution in [-0.4, -0.2) is 49.7 Å². The Bertz CT molecular complexity index is 374. The third-order valence-electron chi connectivity index (χ3n) is 4.67. The molecule has 0 amide bonds. The van der Waals surface area contributed by atoms with E-state index in [0.29, 0.717) is 31.0 Å². The number of esters is 1. The van der Waals surface area contributed by atoms with Gasteiger partial charge in [0.05, 0.1) is 19.7 Å². The molecule has 2 atom stereocenters. The lowest BCUT2D eigenvalue weighted by molar-refractivity contribution is -0.142. The summed E-state index contributed by atoms with van der Waals surface area (Å²) in [7, 11) is 1.44. The third-order valence-corrected chi connectivity index (χ3v) is 4.67. The molecule has 1 N–H and O–H groups in total. The Morgan fingerprint density at radius 3 is 2.71 bits per heavy atom. The van der Waals surface area contributed by atoms with Crippen molar-refractivity contribution in [1.29, 1.82) is 5.26 Å². The SMILES string of the molecule is COC(=O)CC1CC(NC2CCCCC2)CN(CC#N)C1. The molecule has 5 nitrogen and oxygen atoms in total. The zero-order valence-electron chi connectivity index (χ0n) is 13.0. The number of carbonyl (C=O) groups is 1. The van der Waals surface area contributed by atoms with E-state index in [1.807, 2.05) is 0 Å². The Morgan fingerprint density at radius 1 is 1.29 bits per heavy atom. The molecule has 1 saturated heterocycles. The van der Waals surface area contributed by atoms with E-state index in [4.69, 9.17) is 10.00 Å². The van der Waals surface area contributed by atoms with Crippen LogP contribution in [0.15, 0.2) is 0 Å². The fourth-order valence-corrected chi connectivity index (χ4v) is 3.72. The number of piperidine rings is 1. The number of methoxy groups -OCH3 is 1. The van der Waals surface area contributed by atoms with Gasteiger partial charge in [0.25, 0.3) is 0 Å². The predicted octanol–water partition coefficient (Wildman–Crippen LogP) is 1.69. The van der Waals surface area contributed by atoms with E-state index in [0.717, 1.165) is 19.5 Å². The predicted molar refractivity (Wildman–Crippen MR) is 80.6 cm³/mol. The topological polar surface area (TPSA) is 65.4 Å². The van der Waals surface area contributed by atoms with Gasteiger partial charge in [0.2, 0.25) is 0 Å².